The molecule has 0 heterocycles. The first kappa shape index (κ1) is 33.0. The summed E-state index contributed by atoms with van der Waals surface area (Å²) < 4.78 is 12.5. The SMILES string of the molecule is CCCCCCCCCCCSOc1cc2cc3ccccc3cc2cc1OSCCCCCCCCCCC. The van der Waals surface area contributed by atoms with Gasteiger partial charge in [-0.3, -0.25) is 0 Å². The highest BCUT2D eigenvalue weighted by Gasteiger charge is 2.11. The van der Waals surface area contributed by atoms with Crippen LogP contribution in [-0.4, -0.2) is 11.5 Å². The van der Waals surface area contributed by atoms with Crippen LogP contribution in [-0.2, 0) is 0 Å². The Morgan fingerprint density at radius 3 is 1.15 bits per heavy atom. The van der Waals surface area contributed by atoms with Gasteiger partial charge in [0.15, 0.2) is 11.5 Å². The van der Waals surface area contributed by atoms with E-state index in [1.54, 1.807) is 24.1 Å². The first-order chi connectivity index (χ1) is 19.8. The topological polar surface area (TPSA) is 18.5 Å². The van der Waals surface area contributed by atoms with Gasteiger partial charge in [-0.15, -0.1) is 0 Å². The van der Waals surface area contributed by atoms with Gasteiger partial charge in [-0.05, 0) is 58.7 Å². The maximum absolute atomic E-state index is 6.26. The van der Waals surface area contributed by atoms with Crippen LogP contribution < -0.4 is 8.37 Å². The molecule has 0 aliphatic heterocycles. The van der Waals surface area contributed by atoms with Gasteiger partial charge in [-0.2, -0.15) is 0 Å². The van der Waals surface area contributed by atoms with Crippen LogP contribution in [0.4, 0.5) is 0 Å². The summed E-state index contributed by atoms with van der Waals surface area (Å²) in [4.78, 5) is 0. The summed E-state index contributed by atoms with van der Waals surface area (Å²) in [5.74, 6) is 3.75. The first-order valence-electron chi connectivity index (χ1n) is 16.4. The molecule has 0 atom stereocenters. The molecule has 0 unspecified atom stereocenters. The van der Waals surface area contributed by atoms with Crippen LogP contribution >= 0.6 is 24.1 Å². The molecule has 3 rings (SSSR count). The molecule has 0 bridgehead atoms. The number of benzene rings is 3. The van der Waals surface area contributed by atoms with E-state index in [0.717, 1.165) is 23.0 Å². The number of rotatable bonds is 24. The maximum atomic E-state index is 6.26. The third-order valence-electron chi connectivity index (χ3n) is 7.73. The van der Waals surface area contributed by atoms with E-state index in [1.165, 1.54) is 137 Å². The Morgan fingerprint density at radius 1 is 0.425 bits per heavy atom. The van der Waals surface area contributed by atoms with E-state index in [-0.39, 0.29) is 0 Å². The quantitative estimate of drug-likeness (QED) is 0.0594. The Hall–Kier alpha value is -1.52. The molecule has 3 aromatic rings. The van der Waals surface area contributed by atoms with Gasteiger partial charge in [0.1, 0.15) is 0 Å². The molecule has 222 valence electrons. The molecule has 0 amide bonds. The van der Waals surface area contributed by atoms with Gasteiger partial charge < -0.3 is 8.37 Å². The highest BCUT2D eigenvalue weighted by molar-refractivity contribution is 7.95. The molecule has 3 aromatic carbocycles. The summed E-state index contributed by atoms with van der Waals surface area (Å²) in [6.45, 7) is 4.57. The zero-order chi connectivity index (χ0) is 28.1. The van der Waals surface area contributed by atoms with E-state index in [4.69, 9.17) is 8.37 Å². The predicted octanol–water partition coefficient (Wildman–Crippen LogP) is 13.1. The van der Waals surface area contributed by atoms with Crippen LogP contribution in [0, 0.1) is 0 Å². The van der Waals surface area contributed by atoms with Crippen molar-refractivity contribution >= 4 is 45.6 Å². The Labute approximate surface area is 254 Å². The lowest BCUT2D eigenvalue weighted by atomic mass is 10.0. The molecule has 0 aliphatic rings. The molecule has 0 spiro atoms. The number of hydrogen-bond donors (Lipinski definition) is 0. The van der Waals surface area contributed by atoms with Gasteiger partial charge in [0.25, 0.3) is 0 Å². The average molecular weight is 583 g/mol. The van der Waals surface area contributed by atoms with Gasteiger partial charge in [0.05, 0.1) is 24.1 Å². The van der Waals surface area contributed by atoms with E-state index in [1.807, 2.05) is 0 Å². The zero-order valence-corrected chi connectivity index (χ0v) is 27.0. The van der Waals surface area contributed by atoms with E-state index >= 15 is 0 Å². The standard InChI is InChI=1S/C36H54O2S2/c1-3-5-7-9-11-13-15-17-21-25-39-37-35-29-33-27-31-23-19-20-24-32(31)28-34(33)30-36(35)38-40-26-22-18-16-14-12-10-8-6-4-2/h19-20,23-24,27-30H,3-18,21-22,25-26H2,1-2H3. The second-order valence-electron chi connectivity index (χ2n) is 11.3. The lowest BCUT2D eigenvalue weighted by Gasteiger charge is -2.13. The second kappa shape index (κ2) is 21.2. The fourth-order valence-corrected chi connectivity index (χ4v) is 6.56. The van der Waals surface area contributed by atoms with Crippen molar-refractivity contribution in [3.05, 3.63) is 48.5 Å². The molecule has 0 N–H and O–H groups in total. The fourth-order valence-electron chi connectivity index (χ4n) is 5.23. The van der Waals surface area contributed by atoms with Gasteiger partial charge in [-0.25, -0.2) is 0 Å². The van der Waals surface area contributed by atoms with E-state index < -0.39 is 0 Å². The predicted molar refractivity (Wildman–Crippen MR) is 182 cm³/mol. The first-order valence-corrected chi connectivity index (χ1v) is 18.2. The minimum absolute atomic E-state index is 0.850. The van der Waals surface area contributed by atoms with Crippen molar-refractivity contribution in [3.63, 3.8) is 0 Å². The third-order valence-corrected chi connectivity index (χ3v) is 9.23. The number of unbranched alkanes of at least 4 members (excludes halogenated alkanes) is 16. The summed E-state index contributed by atoms with van der Waals surface area (Å²) in [5, 5.41) is 4.93. The van der Waals surface area contributed by atoms with Crippen LogP contribution in [0.1, 0.15) is 129 Å². The van der Waals surface area contributed by atoms with Gasteiger partial charge >= 0.3 is 0 Å². The minimum atomic E-state index is 0.850. The molecular weight excluding hydrogens is 529 g/mol. The molecule has 0 aliphatic carbocycles. The molecule has 40 heavy (non-hydrogen) atoms. The Kier molecular flexibility index (Phi) is 17.5. The summed E-state index contributed by atoms with van der Waals surface area (Å²) in [5.41, 5.74) is 0. The molecular formula is C36H54O2S2. The third kappa shape index (κ3) is 13.0. The number of hydrogen-bond acceptors (Lipinski definition) is 4. The van der Waals surface area contributed by atoms with Crippen molar-refractivity contribution in [2.24, 2.45) is 0 Å². The molecule has 0 radical (unpaired) electrons. The smallest absolute Gasteiger partial charge is 0.181 e. The van der Waals surface area contributed by atoms with Gasteiger partial charge in [0, 0.05) is 11.5 Å². The van der Waals surface area contributed by atoms with Crippen molar-refractivity contribution in [3.8, 4) is 11.5 Å². The van der Waals surface area contributed by atoms with E-state index in [9.17, 15) is 0 Å². The fraction of sp³-hybridized carbons (Fsp3) is 0.611. The largest absolute Gasteiger partial charge is 0.422 e. The Bertz CT molecular complexity index is 983. The molecule has 0 saturated heterocycles. The molecule has 2 nitrogen and oxygen atoms in total. The summed E-state index contributed by atoms with van der Waals surface area (Å²) in [7, 11) is 0. The summed E-state index contributed by atoms with van der Waals surface area (Å²) in [6.07, 6.45) is 24.3. The van der Waals surface area contributed by atoms with Gasteiger partial charge in [0.2, 0.25) is 0 Å². The van der Waals surface area contributed by atoms with Gasteiger partial charge in [-0.1, -0.05) is 141 Å². The van der Waals surface area contributed by atoms with Crippen molar-refractivity contribution in [2.75, 3.05) is 11.5 Å². The monoisotopic (exact) mass is 582 g/mol. The molecule has 4 heteroatoms. The van der Waals surface area contributed by atoms with Crippen LogP contribution in [0.2, 0.25) is 0 Å². The van der Waals surface area contributed by atoms with E-state index in [0.29, 0.717) is 0 Å². The van der Waals surface area contributed by atoms with Crippen molar-refractivity contribution in [2.45, 2.75) is 129 Å². The number of fused-ring (bicyclic) bond motifs is 2. The van der Waals surface area contributed by atoms with E-state index in [2.05, 4.69) is 62.4 Å². The molecule has 0 fully saturated rings. The van der Waals surface area contributed by atoms with Crippen molar-refractivity contribution in [1.82, 2.24) is 0 Å². The maximum Gasteiger partial charge on any atom is 0.181 e. The van der Waals surface area contributed by atoms with Crippen LogP contribution in [0.25, 0.3) is 21.5 Å². The second-order valence-corrected chi connectivity index (χ2v) is 12.9. The molecule has 0 saturated carbocycles. The zero-order valence-electron chi connectivity index (χ0n) is 25.4. The van der Waals surface area contributed by atoms with Crippen molar-refractivity contribution < 1.29 is 8.37 Å². The van der Waals surface area contributed by atoms with Crippen LogP contribution in [0.3, 0.4) is 0 Å². The van der Waals surface area contributed by atoms with Crippen LogP contribution in [0.5, 0.6) is 11.5 Å². The van der Waals surface area contributed by atoms with Crippen molar-refractivity contribution in [1.29, 1.82) is 0 Å². The summed E-state index contributed by atoms with van der Waals surface area (Å²) >= 11 is 3.16. The lowest BCUT2D eigenvalue weighted by Crippen LogP contribution is -1.93. The normalized spacial score (nSPS) is 11.4. The highest BCUT2D eigenvalue weighted by atomic mass is 32.2. The summed E-state index contributed by atoms with van der Waals surface area (Å²) in [6, 6.07) is 17.4. The average Bonchev–Trinajstić information content (AvgIpc) is 2.97. The van der Waals surface area contributed by atoms with Crippen LogP contribution in [0.15, 0.2) is 48.5 Å². The minimum Gasteiger partial charge on any atom is -0.422 e. The Morgan fingerprint density at radius 2 is 0.775 bits per heavy atom. The molecule has 0 aromatic heterocycles. The lowest BCUT2D eigenvalue weighted by molar-refractivity contribution is 0.559. The highest BCUT2D eigenvalue weighted by Crippen LogP contribution is 2.38. The Balaban J connectivity index is 1.44.